The molecule has 1 aliphatic heterocycles. The summed E-state index contributed by atoms with van der Waals surface area (Å²) in [6.45, 7) is 6.94. The highest BCUT2D eigenvalue weighted by Gasteiger charge is 2.23. The molecule has 0 bridgehead atoms. The molecule has 0 spiro atoms. The summed E-state index contributed by atoms with van der Waals surface area (Å²) >= 11 is 1.49. The normalized spacial score (nSPS) is 16.6. The fourth-order valence-electron chi connectivity index (χ4n) is 3.60. The number of para-hydroxylation sites is 1. The van der Waals surface area contributed by atoms with E-state index in [1.165, 1.54) is 22.6 Å². The Labute approximate surface area is 163 Å². The number of aromatic nitrogens is 3. The number of piperazine rings is 1. The van der Waals surface area contributed by atoms with E-state index in [2.05, 4.69) is 32.9 Å². The fourth-order valence-corrected chi connectivity index (χ4v) is 4.24. The number of rotatable bonds is 5. The van der Waals surface area contributed by atoms with Crippen LogP contribution in [0.25, 0.3) is 0 Å². The first-order valence-corrected chi connectivity index (χ1v) is 10.1. The summed E-state index contributed by atoms with van der Waals surface area (Å²) in [5, 5.41) is 17.8. The summed E-state index contributed by atoms with van der Waals surface area (Å²) in [6, 6.07) is 8.13. The third kappa shape index (κ3) is 3.76. The number of aryl methyl sites for hydroxylation is 1. The van der Waals surface area contributed by atoms with Gasteiger partial charge in [0, 0.05) is 73.9 Å². The Morgan fingerprint density at radius 2 is 1.96 bits per heavy atom. The van der Waals surface area contributed by atoms with E-state index in [4.69, 9.17) is 0 Å². The average molecular weight is 384 g/mol. The molecule has 2 aromatic heterocycles. The van der Waals surface area contributed by atoms with Crippen LogP contribution in [-0.2, 0) is 13.6 Å². The fraction of sp³-hybridized carbons (Fsp3) is 0.400. The maximum atomic E-state index is 10.8. The highest BCUT2D eigenvalue weighted by Crippen LogP contribution is 2.32. The van der Waals surface area contributed by atoms with E-state index in [9.17, 15) is 5.11 Å². The van der Waals surface area contributed by atoms with Crippen molar-refractivity contribution in [3.05, 3.63) is 63.9 Å². The summed E-state index contributed by atoms with van der Waals surface area (Å²) in [7, 11) is 1.99. The van der Waals surface area contributed by atoms with E-state index in [-0.39, 0.29) is 0 Å². The zero-order chi connectivity index (χ0) is 18.8. The largest absolute Gasteiger partial charge is 0.381 e. The van der Waals surface area contributed by atoms with Crippen LogP contribution in [0.3, 0.4) is 0 Å². The zero-order valence-corrected chi connectivity index (χ0v) is 16.6. The number of benzene rings is 1. The first-order chi connectivity index (χ1) is 13.1. The number of nitrogens with zero attached hydrogens (tertiary/aromatic N) is 5. The molecule has 27 heavy (non-hydrogen) atoms. The minimum atomic E-state index is -0.669. The maximum Gasteiger partial charge on any atom is 0.132 e. The predicted octanol–water partition coefficient (Wildman–Crippen LogP) is 2.59. The number of aliphatic hydroxyl groups excluding tert-OH is 1. The van der Waals surface area contributed by atoms with Crippen LogP contribution in [0.1, 0.15) is 27.9 Å². The monoisotopic (exact) mass is 383 g/mol. The second kappa shape index (κ2) is 7.80. The first-order valence-electron chi connectivity index (χ1n) is 9.24. The van der Waals surface area contributed by atoms with Gasteiger partial charge >= 0.3 is 0 Å². The van der Waals surface area contributed by atoms with Crippen molar-refractivity contribution < 1.29 is 5.11 Å². The molecular weight excluding hydrogens is 358 g/mol. The lowest BCUT2D eigenvalue weighted by Gasteiger charge is -2.37. The van der Waals surface area contributed by atoms with Crippen molar-refractivity contribution in [2.24, 2.45) is 7.05 Å². The van der Waals surface area contributed by atoms with Crippen molar-refractivity contribution in [3.63, 3.8) is 0 Å². The lowest BCUT2D eigenvalue weighted by molar-refractivity contribution is 0.218. The van der Waals surface area contributed by atoms with Gasteiger partial charge in [0.25, 0.3) is 0 Å². The minimum Gasteiger partial charge on any atom is -0.381 e. The van der Waals surface area contributed by atoms with Gasteiger partial charge in [-0.05, 0) is 13.0 Å². The van der Waals surface area contributed by atoms with Crippen LogP contribution < -0.4 is 4.90 Å². The van der Waals surface area contributed by atoms with Gasteiger partial charge in [0.15, 0.2) is 0 Å². The molecule has 0 radical (unpaired) electrons. The van der Waals surface area contributed by atoms with E-state index < -0.39 is 6.10 Å². The number of hydrogen-bond acceptors (Lipinski definition) is 6. The lowest BCUT2D eigenvalue weighted by Crippen LogP contribution is -2.46. The number of thiazole rings is 1. The smallest absolute Gasteiger partial charge is 0.132 e. The molecule has 0 aliphatic carbocycles. The molecule has 1 fully saturated rings. The SMILES string of the molecule is Cc1c(CN2CCN(c3ccccc3C(O)c3nccs3)CC2)cnn1C. The predicted molar refractivity (Wildman–Crippen MR) is 108 cm³/mol. The van der Waals surface area contributed by atoms with Gasteiger partial charge in [0.1, 0.15) is 11.1 Å². The van der Waals surface area contributed by atoms with Gasteiger partial charge in [-0.15, -0.1) is 11.3 Å². The summed E-state index contributed by atoms with van der Waals surface area (Å²) in [4.78, 5) is 9.13. The molecule has 3 aromatic rings. The molecular formula is C20H25N5OS. The van der Waals surface area contributed by atoms with E-state index in [1.54, 1.807) is 6.20 Å². The molecule has 1 aromatic carbocycles. The van der Waals surface area contributed by atoms with Crippen LogP contribution in [0.5, 0.6) is 0 Å². The first kappa shape index (κ1) is 18.2. The highest BCUT2D eigenvalue weighted by atomic mass is 32.1. The van der Waals surface area contributed by atoms with Crippen LogP contribution in [0.15, 0.2) is 42.0 Å². The topological polar surface area (TPSA) is 57.4 Å². The van der Waals surface area contributed by atoms with E-state index in [0.29, 0.717) is 0 Å². The molecule has 6 nitrogen and oxygen atoms in total. The third-order valence-electron chi connectivity index (χ3n) is 5.36. The summed E-state index contributed by atoms with van der Waals surface area (Å²) < 4.78 is 1.93. The van der Waals surface area contributed by atoms with Gasteiger partial charge in [-0.25, -0.2) is 4.98 Å². The van der Waals surface area contributed by atoms with Crippen molar-refractivity contribution in [3.8, 4) is 0 Å². The Morgan fingerprint density at radius 1 is 1.19 bits per heavy atom. The Morgan fingerprint density at radius 3 is 2.63 bits per heavy atom. The molecule has 0 saturated carbocycles. The molecule has 7 heteroatoms. The van der Waals surface area contributed by atoms with Gasteiger partial charge < -0.3 is 10.0 Å². The maximum absolute atomic E-state index is 10.8. The van der Waals surface area contributed by atoms with Gasteiger partial charge in [0.05, 0.1) is 6.20 Å². The van der Waals surface area contributed by atoms with Crippen LogP contribution in [0.2, 0.25) is 0 Å². The van der Waals surface area contributed by atoms with Crippen molar-refractivity contribution in [2.45, 2.75) is 19.6 Å². The van der Waals surface area contributed by atoms with Crippen LogP contribution in [0.4, 0.5) is 5.69 Å². The van der Waals surface area contributed by atoms with Crippen molar-refractivity contribution >= 4 is 17.0 Å². The molecule has 1 atom stereocenters. The molecule has 1 unspecified atom stereocenters. The summed E-state index contributed by atoms with van der Waals surface area (Å²) in [6.07, 6.45) is 3.05. The van der Waals surface area contributed by atoms with Gasteiger partial charge in [-0.3, -0.25) is 9.58 Å². The van der Waals surface area contributed by atoms with E-state index >= 15 is 0 Å². The Hall–Kier alpha value is -2.22. The molecule has 3 heterocycles. The quantitative estimate of drug-likeness (QED) is 0.734. The highest BCUT2D eigenvalue weighted by molar-refractivity contribution is 7.09. The van der Waals surface area contributed by atoms with E-state index in [0.717, 1.165) is 49.0 Å². The number of anilines is 1. The van der Waals surface area contributed by atoms with Crippen LogP contribution >= 0.6 is 11.3 Å². The lowest BCUT2D eigenvalue weighted by atomic mass is 10.1. The average Bonchev–Trinajstić information content (AvgIpc) is 3.34. The standard InChI is InChI=1S/C20H25N5OS/c1-15-16(13-22-23(15)2)14-24-8-10-25(11-9-24)18-6-4-3-5-17(18)19(26)20-21-7-12-27-20/h3-7,12-13,19,26H,8-11,14H2,1-2H3. The molecule has 1 N–H and O–H groups in total. The van der Waals surface area contributed by atoms with Gasteiger partial charge in [0.2, 0.25) is 0 Å². The van der Waals surface area contributed by atoms with Gasteiger partial charge in [-0.1, -0.05) is 18.2 Å². The molecule has 0 amide bonds. The minimum absolute atomic E-state index is 0.669. The third-order valence-corrected chi connectivity index (χ3v) is 6.19. The number of hydrogen-bond donors (Lipinski definition) is 1. The molecule has 1 saturated heterocycles. The molecule has 1 aliphatic rings. The zero-order valence-electron chi connectivity index (χ0n) is 15.7. The summed E-state index contributed by atoms with van der Waals surface area (Å²) in [5.74, 6) is 0. The van der Waals surface area contributed by atoms with Crippen LogP contribution in [0, 0.1) is 6.92 Å². The Kier molecular flexibility index (Phi) is 5.24. The van der Waals surface area contributed by atoms with Crippen molar-refractivity contribution in [2.75, 3.05) is 31.1 Å². The van der Waals surface area contributed by atoms with Gasteiger partial charge in [-0.2, -0.15) is 5.10 Å². The molecule has 4 rings (SSSR count). The second-order valence-electron chi connectivity index (χ2n) is 6.97. The Balaban J connectivity index is 1.45. The number of aliphatic hydroxyl groups is 1. The molecule has 142 valence electrons. The summed E-state index contributed by atoms with van der Waals surface area (Å²) in [5.41, 5.74) is 4.57. The Bertz CT molecular complexity index is 884. The van der Waals surface area contributed by atoms with Crippen molar-refractivity contribution in [1.82, 2.24) is 19.7 Å². The van der Waals surface area contributed by atoms with Crippen LogP contribution in [-0.4, -0.2) is 50.9 Å². The second-order valence-corrected chi connectivity index (χ2v) is 7.90. The van der Waals surface area contributed by atoms with E-state index in [1.807, 2.05) is 41.5 Å². The van der Waals surface area contributed by atoms with Crippen molar-refractivity contribution in [1.29, 1.82) is 0 Å².